The van der Waals surface area contributed by atoms with Gasteiger partial charge < -0.3 is 5.32 Å². The van der Waals surface area contributed by atoms with Gasteiger partial charge in [-0.3, -0.25) is 0 Å². The molecule has 1 aliphatic rings. The summed E-state index contributed by atoms with van der Waals surface area (Å²) in [5.41, 5.74) is 2.42. The van der Waals surface area contributed by atoms with Gasteiger partial charge in [-0.2, -0.15) is 5.10 Å². The summed E-state index contributed by atoms with van der Waals surface area (Å²) in [5, 5.41) is 8.75. The molecule has 1 unspecified atom stereocenters. The lowest BCUT2D eigenvalue weighted by molar-refractivity contribution is 0.350. The van der Waals surface area contributed by atoms with E-state index in [0.29, 0.717) is 11.5 Å². The number of hydrogen-bond donors (Lipinski definition) is 1. The van der Waals surface area contributed by atoms with Crippen LogP contribution in [0.2, 0.25) is 5.02 Å². The van der Waals surface area contributed by atoms with Crippen LogP contribution < -0.4 is 5.32 Å². The predicted molar refractivity (Wildman–Crippen MR) is 83.6 cm³/mol. The van der Waals surface area contributed by atoms with Crippen LogP contribution in [0.1, 0.15) is 33.1 Å². The van der Waals surface area contributed by atoms with Crippen LogP contribution in [0, 0.1) is 5.41 Å². The third-order valence-corrected chi connectivity index (χ3v) is 4.53. The van der Waals surface area contributed by atoms with Crippen molar-refractivity contribution in [2.75, 3.05) is 5.32 Å². The van der Waals surface area contributed by atoms with Crippen molar-refractivity contribution in [3.63, 3.8) is 0 Å². The molecule has 1 saturated carbocycles. The zero-order chi connectivity index (χ0) is 14.2. The molecule has 0 amide bonds. The van der Waals surface area contributed by atoms with Gasteiger partial charge in [0.05, 0.1) is 11.4 Å². The van der Waals surface area contributed by atoms with Crippen molar-refractivity contribution >= 4 is 17.3 Å². The number of aromatic nitrogens is 2. The second kappa shape index (κ2) is 5.13. The Labute approximate surface area is 124 Å². The number of halogens is 1. The molecule has 3 rings (SSSR count). The van der Waals surface area contributed by atoms with Gasteiger partial charge in [0.1, 0.15) is 0 Å². The maximum Gasteiger partial charge on any atom is 0.0877 e. The first kappa shape index (κ1) is 13.5. The van der Waals surface area contributed by atoms with Crippen LogP contribution in [-0.4, -0.2) is 15.8 Å². The average Bonchev–Trinajstić information content (AvgIpc) is 3.01. The third-order valence-electron chi connectivity index (χ3n) is 4.30. The van der Waals surface area contributed by atoms with E-state index in [1.54, 1.807) is 6.20 Å². The molecular weight excluding hydrogens is 270 g/mol. The number of nitrogens with zero attached hydrogens (tertiary/aromatic N) is 2. The van der Waals surface area contributed by atoms with E-state index in [-0.39, 0.29) is 0 Å². The molecule has 0 saturated heterocycles. The monoisotopic (exact) mass is 289 g/mol. The second-order valence-corrected chi connectivity index (χ2v) is 6.63. The first-order valence-electron chi connectivity index (χ1n) is 7.12. The Bertz CT molecular complexity index is 590. The summed E-state index contributed by atoms with van der Waals surface area (Å²) in [5.74, 6) is 0. The maximum absolute atomic E-state index is 6.17. The Morgan fingerprint density at radius 2 is 2.25 bits per heavy atom. The molecule has 1 atom stereocenters. The van der Waals surface area contributed by atoms with Crippen molar-refractivity contribution in [3.05, 3.63) is 41.7 Å². The fraction of sp³-hybridized carbons (Fsp3) is 0.438. The van der Waals surface area contributed by atoms with Crippen LogP contribution in [0.25, 0.3) is 5.69 Å². The highest BCUT2D eigenvalue weighted by Crippen LogP contribution is 2.40. The highest BCUT2D eigenvalue weighted by molar-refractivity contribution is 6.31. The molecule has 2 aromatic rings. The molecular formula is C16H20ClN3. The highest BCUT2D eigenvalue weighted by atomic mass is 35.5. The molecule has 3 nitrogen and oxygen atoms in total. The fourth-order valence-electron chi connectivity index (χ4n) is 3.02. The largest absolute Gasteiger partial charge is 0.380 e. The molecule has 0 radical (unpaired) electrons. The van der Waals surface area contributed by atoms with Crippen LogP contribution in [0.15, 0.2) is 36.7 Å². The van der Waals surface area contributed by atoms with Gasteiger partial charge in [-0.05, 0) is 42.5 Å². The minimum absolute atomic E-state index is 0.323. The summed E-state index contributed by atoms with van der Waals surface area (Å²) in [6.07, 6.45) is 7.49. The van der Waals surface area contributed by atoms with Crippen molar-refractivity contribution in [2.45, 2.75) is 39.2 Å². The van der Waals surface area contributed by atoms with E-state index in [1.165, 1.54) is 19.3 Å². The molecule has 1 aromatic heterocycles. The zero-order valence-electron chi connectivity index (χ0n) is 11.9. The Kier molecular flexibility index (Phi) is 3.47. The first-order chi connectivity index (χ1) is 9.56. The SMILES string of the molecule is CC1(C)CCCC1Nc1cc(Cl)ccc1-n1cccn1. The minimum atomic E-state index is 0.323. The van der Waals surface area contributed by atoms with Crippen molar-refractivity contribution in [3.8, 4) is 5.69 Å². The van der Waals surface area contributed by atoms with E-state index < -0.39 is 0 Å². The quantitative estimate of drug-likeness (QED) is 0.900. The van der Waals surface area contributed by atoms with Gasteiger partial charge in [0, 0.05) is 23.5 Å². The smallest absolute Gasteiger partial charge is 0.0877 e. The summed E-state index contributed by atoms with van der Waals surface area (Å²) >= 11 is 6.17. The van der Waals surface area contributed by atoms with Gasteiger partial charge in [-0.1, -0.05) is 31.9 Å². The lowest BCUT2D eigenvalue weighted by Gasteiger charge is -2.29. The highest BCUT2D eigenvalue weighted by Gasteiger charge is 2.34. The number of hydrogen-bond acceptors (Lipinski definition) is 2. The van der Waals surface area contributed by atoms with E-state index in [0.717, 1.165) is 16.4 Å². The van der Waals surface area contributed by atoms with E-state index in [1.807, 2.05) is 35.1 Å². The number of anilines is 1. The van der Waals surface area contributed by atoms with Gasteiger partial charge in [0.15, 0.2) is 0 Å². The van der Waals surface area contributed by atoms with Crippen molar-refractivity contribution in [1.82, 2.24) is 9.78 Å². The summed E-state index contributed by atoms with van der Waals surface area (Å²) < 4.78 is 1.88. The normalized spacial score (nSPS) is 21.1. The molecule has 1 heterocycles. The lowest BCUT2D eigenvalue weighted by Crippen LogP contribution is -2.31. The lowest BCUT2D eigenvalue weighted by atomic mass is 9.87. The minimum Gasteiger partial charge on any atom is -0.380 e. The fourth-order valence-corrected chi connectivity index (χ4v) is 3.19. The topological polar surface area (TPSA) is 29.9 Å². The Morgan fingerprint density at radius 3 is 2.90 bits per heavy atom. The Balaban J connectivity index is 1.94. The Morgan fingerprint density at radius 1 is 1.40 bits per heavy atom. The standard InChI is InChI=1S/C16H20ClN3/c1-16(2)8-3-5-15(16)19-13-11-12(17)6-7-14(13)20-10-4-9-18-20/h4,6-7,9-11,15,19H,3,5,8H2,1-2H3. The van der Waals surface area contributed by atoms with Crippen LogP contribution in [-0.2, 0) is 0 Å². The third kappa shape index (κ3) is 2.55. The number of rotatable bonds is 3. The molecule has 0 spiro atoms. The van der Waals surface area contributed by atoms with Crippen LogP contribution >= 0.6 is 11.6 Å². The summed E-state index contributed by atoms with van der Waals surface area (Å²) in [4.78, 5) is 0. The Hall–Kier alpha value is -1.48. The molecule has 4 heteroatoms. The molecule has 1 N–H and O–H groups in total. The van der Waals surface area contributed by atoms with E-state index in [9.17, 15) is 0 Å². The van der Waals surface area contributed by atoms with E-state index >= 15 is 0 Å². The van der Waals surface area contributed by atoms with E-state index in [4.69, 9.17) is 11.6 Å². The average molecular weight is 290 g/mol. The van der Waals surface area contributed by atoms with Crippen molar-refractivity contribution in [1.29, 1.82) is 0 Å². The molecule has 0 aliphatic heterocycles. The molecule has 1 aliphatic carbocycles. The van der Waals surface area contributed by atoms with Crippen molar-refractivity contribution in [2.24, 2.45) is 5.41 Å². The van der Waals surface area contributed by atoms with Crippen molar-refractivity contribution < 1.29 is 0 Å². The van der Waals surface area contributed by atoms with Crippen LogP contribution in [0.4, 0.5) is 5.69 Å². The van der Waals surface area contributed by atoms with Gasteiger partial charge in [0.2, 0.25) is 0 Å². The van der Waals surface area contributed by atoms with Crippen LogP contribution in [0.3, 0.4) is 0 Å². The molecule has 106 valence electrons. The number of benzene rings is 1. The molecule has 0 bridgehead atoms. The van der Waals surface area contributed by atoms with Gasteiger partial charge in [0.25, 0.3) is 0 Å². The first-order valence-corrected chi connectivity index (χ1v) is 7.50. The summed E-state index contributed by atoms with van der Waals surface area (Å²) in [6.45, 7) is 4.66. The second-order valence-electron chi connectivity index (χ2n) is 6.19. The van der Waals surface area contributed by atoms with Gasteiger partial charge >= 0.3 is 0 Å². The van der Waals surface area contributed by atoms with Gasteiger partial charge in [-0.15, -0.1) is 0 Å². The molecule has 1 aromatic carbocycles. The van der Waals surface area contributed by atoms with Crippen LogP contribution in [0.5, 0.6) is 0 Å². The van der Waals surface area contributed by atoms with E-state index in [2.05, 4.69) is 24.3 Å². The number of nitrogens with one attached hydrogen (secondary N) is 1. The zero-order valence-corrected chi connectivity index (χ0v) is 12.7. The summed E-state index contributed by atoms with van der Waals surface area (Å²) in [6, 6.07) is 8.32. The molecule has 1 fully saturated rings. The maximum atomic E-state index is 6.17. The predicted octanol–water partition coefficient (Wildman–Crippen LogP) is 4.52. The molecule has 20 heavy (non-hydrogen) atoms. The van der Waals surface area contributed by atoms with Gasteiger partial charge in [-0.25, -0.2) is 4.68 Å². The summed E-state index contributed by atoms with van der Waals surface area (Å²) in [7, 11) is 0.